The van der Waals surface area contributed by atoms with E-state index in [1.54, 1.807) is 0 Å². The molecule has 4 nitrogen and oxygen atoms in total. The van der Waals surface area contributed by atoms with E-state index < -0.39 is 23.2 Å². The van der Waals surface area contributed by atoms with Gasteiger partial charge in [-0.1, -0.05) is 38.0 Å². The van der Waals surface area contributed by atoms with Crippen LogP contribution in [-0.2, 0) is 17.8 Å². The number of hydrogen-bond acceptors (Lipinski definition) is 2. The number of carbonyl (C=O) groups is 1. The van der Waals surface area contributed by atoms with E-state index in [1.165, 1.54) is 6.07 Å². The largest absolute Gasteiger partial charge is 0.320 e. The summed E-state index contributed by atoms with van der Waals surface area (Å²) in [6, 6.07) is 11.0. The average Bonchev–Trinajstić information content (AvgIpc) is 2.96. The summed E-state index contributed by atoms with van der Waals surface area (Å²) in [5, 5.41) is 2.34. The van der Waals surface area contributed by atoms with Crippen molar-refractivity contribution >= 4 is 22.6 Å². The number of imidazole rings is 1. The van der Waals surface area contributed by atoms with E-state index in [0.29, 0.717) is 0 Å². The highest BCUT2D eigenvalue weighted by Crippen LogP contribution is 2.20. The van der Waals surface area contributed by atoms with Crippen LogP contribution in [0.4, 0.5) is 14.5 Å². The number of hydrogen-bond donors (Lipinski definition) is 1. The van der Waals surface area contributed by atoms with Crippen molar-refractivity contribution in [1.29, 1.82) is 0 Å². The van der Waals surface area contributed by atoms with Crippen LogP contribution in [0.5, 0.6) is 0 Å². The number of anilines is 1. The fourth-order valence-corrected chi connectivity index (χ4v) is 2.97. The van der Waals surface area contributed by atoms with Crippen molar-refractivity contribution in [2.45, 2.75) is 39.2 Å². The number of amides is 1. The Hall–Kier alpha value is -2.76. The average molecular weight is 357 g/mol. The molecule has 0 unspecified atom stereocenters. The summed E-state index contributed by atoms with van der Waals surface area (Å²) in [7, 11) is 0. The predicted octanol–water partition coefficient (Wildman–Crippen LogP) is 4.69. The number of para-hydroxylation sites is 3. The highest BCUT2D eigenvalue weighted by atomic mass is 19.1. The first-order chi connectivity index (χ1) is 12.6. The molecule has 0 spiro atoms. The molecular weight excluding hydrogens is 336 g/mol. The Labute approximate surface area is 150 Å². The van der Waals surface area contributed by atoms with E-state index in [9.17, 15) is 13.6 Å². The molecule has 0 radical (unpaired) electrons. The van der Waals surface area contributed by atoms with Crippen LogP contribution < -0.4 is 5.32 Å². The van der Waals surface area contributed by atoms with Gasteiger partial charge in [-0.25, -0.2) is 13.8 Å². The highest BCUT2D eigenvalue weighted by Gasteiger charge is 2.16. The number of aromatic nitrogens is 2. The molecule has 1 amide bonds. The Morgan fingerprint density at radius 3 is 2.54 bits per heavy atom. The van der Waals surface area contributed by atoms with Crippen LogP contribution >= 0.6 is 0 Å². The third-order valence-electron chi connectivity index (χ3n) is 4.27. The van der Waals surface area contributed by atoms with Gasteiger partial charge in [0.1, 0.15) is 29.7 Å². The molecule has 0 atom stereocenters. The molecule has 0 aliphatic carbocycles. The maximum absolute atomic E-state index is 13.8. The summed E-state index contributed by atoms with van der Waals surface area (Å²) in [6.45, 7) is 2.08. The molecule has 0 aliphatic rings. The number of unbranched alkanes of at least 4 members (excludes halogenated alkanes) is 2. The zero-order valence-electron chi connectivity index (χ0n) is 14.6. The van der Waals surface area contributed by atoms with Crippen LogP contribution in [0.3, 0.4) is 0 Å². The molecule has 3 aromatic rings. The number of rotatable bonds is 7. The van der Waals surface area contributed by atoms with Gasteiger partial charge in [-0.05, 0) is 30.7 Å². The second-order valence-corrected chi connectivity index (χ2v) is 6.20. The van der Waals surface area contributed by atoms with E-state index in [4.69, 9.17) is 0 Å². The lowest BCUT2D eigenvalue weighted by atomic mass is 10.2. The number of fused-ring (bicyclic) bond motifs is 1. The van der Waals surface area contributed by atoms with Crippen molar-refractivity contribution in [3.63, 3.8) is 0 Å². The highest BCUT2D eigenvalue weighted by molar-refractivity contribution is 5.92. The van der Waals surface area contributed by atoms with Crippen LogP contribution in [0.2, 0.25) is 0 Å². The van der Waals surface area contributed by atoms with E-state index >= 15 is 0 Å². The summed E-state index contributed by atoms with van der Waals surface area (Å²) < 4.78 is 29.3. The van der Waals surface area contributed by atoms with Crippen molar-refractivity contribution in [2.24, 2.45) is 0 Å². The fourth-order valence-electron chi connectivity index (χ4n) is 2.97. The Balaban J connectivity index is 1.84. The summed E-state index contributed by atoms with van der Waals surface area (Å²) >= 11 is 0. The monoisotopic (exact) mass is 357 g/mol. The van der Waals surface area contributed by atoms with Gasteiger partial charge < -0.3 is 9.88 Å². The van der Waals surface area contributed by atoms with Gasteiger partial charge in [0.15, 0.2) is 0 Å². The van der Waals surface area contributed by atoms with Crippen molar-refractivity contribution in [1.82, 2.24) is 9.55 Å². The minimum Gasteiger partial charge on any atom is -0.320 e. The molecule has 26 heavy (non-hydrogen) atoms. The third kappa shape index (κ3) is 3.90. The van der Waals surface area contributed by atoms with Gasteiger partial charge in [0.25, 0.3) is 0 Å². The smallest absolute Gasteiger partial charge is 0.244 e. The Morgan fingerprint density at radius 2 is 1.81 bits per heavy atom. The van der Waals surface area contributed by atoms with Gasteiger partial charge in [0, 0.05) is 6.42 Å². The van der Waals surface area contributed by atoms with Gasteiger partial charge in [0.2, 0.25) is 5.91 Å². The molecule has 6 heteroatoms. The summed E-state index contributed by atoms with van der Waals surface area (Å²) in [4.78, 5) is 17.0. The van der Waals surface area contributed by atoms with Crippen LogP contribution in [0, 0.1) is 11.6 Å². The fraction of sp³-hybridized carbons (Fsp3) is 0.300. The van der Waals surface area contributed by atoms with Gasteiger partial charge in [-0.15, -0.1) is 0 Å². The lowest BCUT2D eigenvalue weighted by Gasteiger charge is -2.11. The summed E-state index contributed by atoms with van der Waals surface area (Å²) in [5.41, 5.74) is 1.22. The zero-order chi connectivity index (χ0) is 18.5. The molecule has 3 rings (SSSR count). The number of nitrogens with zero attached hydrogens (tertiary/aromatic N) is 2. The van der Waals surface area contributed by atoms with Gasteiger partial charge in [0.05, 0.1) is 11.0 Å². The number of halogens is 2. The number of benzene rings is 2. The Kier molecular flexibility index (Phi) is 5.61. The van der Waals surface area contributed by atoms with Crippen molar-refractivity contribution in [3.05, 3.63) is 59.9 Å². The second-order valence-electron chi connectivity index (χ2n) is 6.20. The topological polar surface area (TPSA) is 46.9 Å². The first kappa shape index (κ1) is 18.0. The van der Waals surface area contributed by atoms with Crippen LogP contribution in [0.25, 0.3) is 11.0 Å². The van der Waals surface area contributed by atoms with Crippen molar-refractivity contribution in [3.8, 4) is 0 Å². The molecule has 136 valence electrons. The molecule has 0 aliphatic heterocycles. The van der Waals surface area contributed by atoms with E-state index in [2.05, 4.69) is 17.2 Å². The quantitative estimate of drug-likeness (QED) is 0.624. The molecule has 0 fully saturated rings. The summed E-state index contributed by atoms with van der Waals surface area (Å²) in [5.74, 6) is -1.27. The molecule has 1 heterocycles. The minimum atomic E-state index is -0.794. The number of nitrogens with one attached hydrogen (secondary N) is 1. The lowest BCUT2D eigenvalue weighted by Crippen LogP contribution is -2.21. The molecule has 0 saturated heterocycles. The maximum atomic E-state index is 13.8. The first-order valence-corrected chi connectivity index (χ1v) is 8.78. The maximum Gasteiger partial charge on any atom is 0.244 e. The van der Waals surface area contributed by atoms with Crippen LogP contribution in [0.1, 0.15) is 32.0 Å². The zero-order valence-corrected chi connectivity index (χ0v) is 14.6. The van der Waals surface area contributed by atoms with Crippen molar-refractivity contribution < 1.29 is 13.6 Å². The lowest BCUT2D eigenvalue weighted by molar-refractivity contribution is -0.116. The normalized spacial score (nSPS) is 11.0. The molecule has 1 N–H and O–H groups in total. The summed E-state index contributed by atoms with van der Waals surface area (Å²) in [6.07, 6.45) is 3.90. The molecule has 0 bridgehead atoms. The molecular formula is C20H21F2N3O. The SMILES string of the molecule is CCCCCc1nc2ccccc2n1CC(=O)Nc1c(F)cccc1F. The molecule has 0 saturated carbocycles. The van der Waals surface area contributed by atoms with Gasteiger partial charge in [-0.2, -0.15) is 0 Å². The second kappa shape index (κ2) is 8.08. The first-order valence-electron chi connectivity index (χ1n) is 8.78. The standard InChI is InChI=1S/C20H21F2N3O/c1-2-3-4-12-18-23-16-10-5-6-11-17(16)25(18)13-19(26)24-20-14(21)8-7-9-15(20)22/h5-11H,2-4,12-13H2,1H3,(H,24,26). The third-order valence-corrected chi connectivity index (χ3v) is 4.27. The molecule has 1 aromatic heterocycles. The van der Waals surface area contributed by atoms with E-state index in [0.717, 1.165) is 54.7 Å². The van der Waals surface area contributed by atoms with Crippen LogP contribution in [0.15, 0.2) is 42.5 Å². The number of carbonyl (C=O) groups excluding carboxylic acids is 1. The van der Waals surface area contributed by atoms with Gasteiger partial charge >= 0.3 is 0 Å². The Morgan fingerprint density at radius 1 is 1.08 bits per heavy atom. The Bertz CT molecular complexity index is 900. The van der Waals surface area contributed by atoms with Gasteiger partial charge in [-0.3, -0.25) is 4.79 Å². The van der Waals surface area contributed by atoms with Crippen molar-refractivity contribution in [2.75, 3.05) is 5.32 Å². The van der Waals surface area contributed by atoms with E-state index in [-0.39, 0.29) is 6.54 Å². The number of aryl methyl sites for hydroxylation is 1. The van der Waals surface area contributed by atoms with E-state index in [1.807, 2.05) is 28.8 Å². The van der Waals surface area contributed by atoms with Crippen LogP contribution in [-0.4, -0.2) is 15.5 Å². The molecule has 2 aromatic carbocycles. The minimum absolute atomic E-state index is 0.0459. The predicted molar refractivity (Wildman–Crippen MR) is 97.9 cm³/mol.